The maximum Gasteiger partial charge on any atom is 0.264 e. The van der Waals surface area contributed by atoms with Crippen LogP contribution in [0, 0.1) is 13.8 Å². The second-order valence-corrected chi connectivity index (χ2v) is 11.9. The van der Waals surface area contributed by atoms with Gasteiger partial charge in [0.05, 0.1) is 10.6 Å². The third kappa shape index (κ3) is 7.83. The van der Waals surface area contributed by atoms with Gasteiger partial charge in [-0.2, -0.15) is 0 Å². The van der Waals surface area contributed by atoms with Gasteiger partial charge in [0.2, 0.25) is 11.8 Å². The summed E-state index contributed by atoms with van der Waals surface area (Å²) in [7, 11) is -4.10. The van der Waals surface area contributed by atoms with Gasteiger partial charge in [-0.1, -0.05) is 73.0 Å². The summed E-state index contributed by atoms with van der Waals surface area (Å²) in [6, 6.07) is 19.7. The van der Waals surface area contributed by atoms with Crippen molar-refractivity contribution >= 4 is 39.1 Å². The quantitative estimate of drug-likeness (QED) is 0.292. The van der Waals surface area contributed by atoms with Crippen LogP contribution in [0.5, 0.6) is 0 Å². The highest BCUT2D eigenvalue weighted by Crippen LogP contribution is 2.27. The van der Waals surface area contributed by atoms with Crippen molar-refractivity contribution in [3.8, 4) is 0 Å². The molecule has 208 valence electrons. The molecule has 7 nitrogen and oxygen atoms in total. The first-order valence-corrected chi connectivity index (χ1v) is 14.8. The lowest BCUT2D eigenvalue weighted by Crippen LogP contribution is -2.51. The molecular weight excluding hydrogens is 534 g/mol. The Morgan fingerprint density at radius 2 is 1.67 bits per heavy atom. The molecule has 0 saturated heterocycles. The van der Waals surface area contributed by atoms with Crippen LogP contribution in [0.3, 0.4) is 0 Å². The number of nitrogens with one attached hydrogen (secondary N) is 1. The van der Waals surface area contributed by atoms with Crippen LogP contribution in [0.4, 0.5) is 5.69 Å². The highest BCUT2D eigenvalue weighted by molar-refractivity contribution is 7.92. The van der Waals surface area contributed by atoms with Crippen molar-refractivity contribution in [3.63, 3.8) is 0 Å². The number of amides is 2. The van der Waals surface area contributed by atoms with Gasteiger partial charge < -0.3 is 10.2 Å². The zero-order valence-electron chi connectivity index (χ0n) is 22.9. The van der Waals surface area contributed by atoms with E-state index in [1.807, 2.05) is 26.0 Å². The summed E-state index contributed by atoms with van der Waals surface area (Å²) in [5.74, 6) is -0.810. The number of sulfonamides is 1. The third-order valence-corrected chi connectivity index (χ3v) is 8.52. The molecule has 3 aromatic rings. The highest BCUT2D eigenvalue weighted by atomic mass is 35.5. The van der Waals surface area contributed by atoms with Crippen LogP contribution in [0.2, 0.25) is 5.02 Å². The van der Waals surface area contributed by atoms with Crippen LogP contribution in [-0.4, -0.2) is 44.3 Å². The first kappa shape index (κ1) is 30.2. The Morgan fingerprint density at radius 3 is 2.31 bits per heavy atom. The van der Waals surface area contributed by atoms with E-state index < -0.39 is 28.5 Å². The van der Waals surface area contributed by atoms with Crippen molar-refractivity contribution in [1.29, 1.82) is 0 Å². The maximum atomic E-state index is 13.9. The zero-order valence-corrected chi connectivity index (χ0v) is 24.4. The number of carbonyl (C=O) groups excluding carboxylic acids is 2. The fourth-order valence-corrected chi connectivity index (χ4v) is 5.84. The smallest absolute Gasteiger partial charge is 0.264 e. The van der Waals surface area contributed by atoms with Crippen molar-refractivity contribution < 1.29 is 18.0 Å². The lowest BCUT2D eigenvalue weighted by molar-refractivity contribution is -0.139. The van der Waals surface area contributed by atoms with E-state index in [4.69, 9.17) is 11.6 Å². The van der Waals surface area contributed by atoms with Crippen molar-refractivity contribution in [2.45, 2.75) is 58.0 Å². The minimum absolute atomic E-state index is 0.0795. The molecule has 0 bridgehead atoms. The Kier molecular flexibility index (Phi) is 10.5. The lowest BCUT2D eigenvalue weighted by atomic mass is 10.1. The summed E-state index contributed by atoms with van der Waals surface area (Å²) in [4.78, 5) is 28.4. The van der Waals surface area contributed by atoms with Crippen LogP contribution in [0.15, 0.2) is 77.7 Å². The van der Waals surface area contributed by atoms with Gasteiger partial charge in [0.15, 0.2) is 0 Å². The predicted octanol–water partition coefficient (Wildman–Crippen LogP) is 5.49. The van der Waals surface area contributed by atoms with E-state index in [2.05, 4.69) is 5.32 Å². The Hall–Kier alpha value is -3.36. The molecule has 0 aromatic heterocycles. The monoisotopic (exact) mass is 569 g/mol. The van der Waals surface area contributed by atoms with E-state index in [-0.39, 0.29) is 17.3 Å². The molecule has 0 spiro atoms. The summed E-state index contributed by atoms with van der Waals surface area (Å²) in [5.41, 5.74) is 2.75. The van der Waals surface area contributed by atoms with Gasteiger partial charge in [-0.25, -0.2) is 8.42 Å². The second kappa shape index (κ2) is 13.6. The predicted molar refractivity (Wildman–Crippen MR) is 156 cm³/mol. The van der Waals surface area contributed by atoms with E-state index in [0.717, 1.165) is 28.3 Å². The Morgan fingerprint density at radius 1 is 0.974 bits per heavy atom. The highest BCUT2D eigenvalue weighted by Gasteiger charge is 2.33. The maximum absolute atomic E-state index is 13.9. The number of para-hydroxylation sites is 1. The molecule has 1 unspecified atom stereocenters. The molecule has 1 N–H and O–H groups in total. The fraction of sp³-hybridized carbons (Fsp3) is 0.333. The second-order valence-electron chi connectivity index (χ2n) is 9.58. The van der Waals surface area contributed by atoms with Gasteiger partial charge in [-0.3, -0.25) is 13.9 Å². The number of aryl methyl sites for hydroxylation is 2. The van der Waals surface area contributed by atoms with Crippen molar-refractivity contribution in [2.75, 3.05) is 17.4 Å². The van der Waals surface area contributed by atoms with E-state index >= 15 is 0 Å². The molecule has 0 aliphatic rings. The molecule has 39 heavy (non-hydrogen) atoms. The number of carbonyl (C=O) groups is 2. The van der Waals surface area contributed by atoms with E-state index in [1.165, 1.54) is 17.0 Å². The van der Waals surface area contributed by atoms with E-state index in [1.54, 1.807) is 62.4 Å². The Bertz CT molecular complexity index is 1390. The molecule has 3 rings (SSSR count). The first-order valence-electron chi connectivity index (χ1n) is 13.0. The summed E-state index contributed by atoms with van der Waals surface area (Å²) in [6.45, 7) is 7.46. The average Bonchev–Trinajstić information content (AvgIpc) is 2.90. The van der Waals surface area contributed by atoms with Gasteiger partial charge in [0.25, 0.3) is 10.0 Å². The van der Waals surface area contributed by atoms with E-state index in [9.17, 15) is 18.0 Å². The molecule has 9 heteroatoms. The number of hydrogen-bond donors (Lipinski definition) is 1. The lowest BCUT2D eigenvalue weighted by Gasteiger charge is -2.32. The average molecular weight is 570 g/mol. The minimum atomic E-state index is -4.10. The molecular formula is C30H36ClN3O4S. The van der Waals surface area contributed by atoms with Crippen molar-refractivity contribution in [2.24, 2.45) is 0 Å². The van der Waals surface area contributed by atoms with Crippen LogP contribution >= 0.6 is 11.6 Å². The standard InChI is InChI=1S/C30H36ClN3O4S/c1-5-6-18-32-30(36)24(4)33(20-25-11-9-12-26(31)19-25)29(35)21-34(28-13-8-7-10-23(28)3)39(37,38)27-16-14-22(2)15-17-27/h7-17,19,24H,5-6,18,20-21H2,1-4H3,(H,32,36). The fourth-order valence-electron chi connectivity index (χ4n) is 4.14. The SMILES string of the molecule is CCCCNC(=O)C(C)N(Cc1cccc(Cl)c1)C(=O)CN(c1ccccc1C)S(=O)(=O)c1ccc(C)cc1. The van der Waals surface area contributed by atoms with Crippen LogP contribution in [0.1, 0.15) is 43.4 Å². The molecule has 0 saturated carbocycles. The molecule has 0 aliphatic carbocycles. The number of halogens is 1. The minimum Gasteiger partial charge on any atom is -0.354 e. The number of hydrogen-bond acceptors (Lipinski definition) is 4. The Labute approximate surface area is 236 Å². The summed E-state index contributed by atoms with van der Waals surface area (Å²) < 4.78 is 28.9. The van der Waals surface area contributed by atoms with E-state index in [0.29, 0.717) is 22.8 Å². The molecule has 0 fully saturated rings. The van der Waals surface area contributed by atoms with Crippen molar-refractivity contribution in [3.05, 3.63) is 94.5 Å². The summed E-state index contributed by atoms with van der Waals surface area (Å²) >= 11 is 6.18. The summed E-state index contributed by atoms with van der Waals surface area (Å²) in [6.07, 6.45) is 1.73. The summed E-state index contributed by atoms with van der Waals surface area (Å²) in [5, 5.41) is 3.38. The Balaban J connectivity index is 2.01. The molecule has 0 aliphatic heterocycles. The normalized spacial score (nSPS) is 12.0. The van der Waals surface area contributed by atoms with Gasteiger partial charge >= 0.3 is 0 Å². The van der Waals surface area contributed by atoms with Gasteiger partial charge in [-0.15, -0.1) is 0 Å². The van der Waals surface area contributed by atoms with Crippen LogP contribution < -0.4 is 9.62 Å². The first-order chi connectivity index (χ1) is 18.5. The topological polar surface area (TPSA) is 86.8 Å². The number of anilines is 1. The van der Waals surface area contributed by atoms with Gasteiger partial charge in [0, 0.05) is 18.1 Å². The van der Waals surface area contributed by atoms with Crippen LogP contribution in [-0.2, 0) is 26.2 Å². The number of rotatable bonds is 12. The number of unbranched alkanes of at least 4 members (excludes halogenated alkanes) is 1. The molecule has 1 atom stereocenters. The third-order valence-electron chi connectivity index (χ3n) is 6.51. The molecule has 0 heterocycles. The molecule has 2 amide bonds. The van der Waals surface area contributed by atoms with Crippen molar-refractivity contribution in [1.82, 2.24) is 10.2 Å². The van der Waals surface area contributed by atoms with Gasteiger partial charge in [-0.05, 0) is 68.7 Å². The molecule has 0 radical (unpaired) electrons. The number of benzene rings is 3. The largest absolute Gasteiger partial charge is 0.354 e. The van der Waals surface area contributed by atoms with Crippen LogP contribution in [0.25, 0.3) is 0 Å². The number of nitrogens with zero attached hydrogens (tertiary/aromatic N) is 2. The zero-order chi connectivity index (χ0) is 28.6. The molecule has 3 aromatic carbocycles. The van der Waals surface area contributed by atoms with Gasteiger partial charge in [0.1, 0.15) is 12.6 Å².